The number of benzene rings is 1. The van der Waals surface area contributed by atoms with E-state index in [4.69, 9.17) is 16.3 Å². The molecular formula is C17H25ClN2O2. The van der Waals surface area contributed by atoms with Crippen LogP contribution in [0.1, 0.15) is 20.3 Å². The van der Waals surface area contributed by atoms with Crippen molar-refractivity contribution in [3.63, 3.8) is 0 Å². The standard InChI is InChI=1S/C17H25ClN2O2/c1-3-14(2)17(21)20-10-8-19(9-11-20)12-13-22-16-7-5-4-6-15(16)18/h4-7,14H,3,8-13H2,1-2H3. The zero-order valence-electron chi connectivity index (χ0n) is 13.4. The molecule has 0 bridgehead atoms. The number of nitrogens with zero attached hydrogens (tertiary/aromatic N) is 2. The normalized spacial score (nSPS) is 17.3. The zero-order chi connectivity index (χ0) is 15.9. The molecule has 1 heterocycles. The first-order valence-corrected chi connectivity index (χ1v) is 8.38. The topological polar surface area (TPSA) is 32.8 Å². The van der Waals surface area contributed by atoms with Crippen molar-refractivity contribution in [2.75, 3.05) is 39.3 Å². The zero-order valence-corrected chi connectivity index (χ0v) is 14.2. The van der Waals surface area contributed by atoms with Crippen molar-refractivity contribution in [1.29, 1.82) is 0 Å². The Morgan fingerprint density at radius 2 is 1.95 bits per heavy atom. The van der Waals surface area contributed by atoms with Gasteiger partial charge in [0.1, 0.15) is 12.4 Å². The molecule has 1 amide bonds. The van der Waals surface area contributed by atoms with E-state index in [9.17, 15) is 4.79 Å². The molecule has 1 saturated heterocycles. The Balaban J connectivity index is 1.70. The van der Waals surface area contributed by atoms with Crippen LogP contribution in [0.2, 0.25) is 5.02 Å². The van der Waals surface area contributed by atoms with Crippen molar-refractivity contribution in [2.45, 2.75) is 20.3 Å². The maximum Gasteiger partial charge on any atom is 0.225 e. The average molecular weight is 325 g/mol. The van der Waals surface area contributed by atoms with Crippen LogP contribution in [0.4, 0.5) is 0 Å². The van der Waals surface area contributed by atoms with Gasteiger partial charge in [-0.3, -0.25) is 9.69 Å². The van der Waals surface area contributed by atoms with E-state index in [1.807, 2.05) is 36.1 Å². The minimum absolute atomic E-state index is 0.134. The Morgan fingerprint density at radius 3 is 2.59 bits per heavy atom. The van der Waals surface area contributed by atoms with Gasteiger partial charge in [-0.05, 0) is 18.6 Å². The van der Waals surface area contributed by atoms with Crippen LogP contribution in [0.5, 0.6) is 5.75 Å². The highest BCUT2D eigenvalue weighted by Gasteiger charge is 2.23. The monoisotopic (exact) mass is 324 g/mol. The number of rotatable bonds is 6. The highest BCUT2D eigenvalue weighted by atomic mass is 35.5. The predicted octanol–water partition coefficient (Wildman–Crippen LogP) is 2.91. The van der Waals surface area contributed by atoms with E-state index >= 15 is 0 Å². The average Bonchev–Trinajstić information content (AvgIpc) is 2.56. The summed E-state index contributed by atoms with van der Waals surface area (Å²) in [6.45, 7) is 8.99. The third-order valence-electron chi connectivity index (χ3n) is 4.22. The number of carbonyl (C=O) groups excluding carboxylic acids is 1. The van der Waals surface area contributed by atoms with Crippen molar-refractivity contribution in [1.82, 2.24) is 9.80 Å². The molecule has 0 saturated carbocycles. The number of ether oxygens (including phenoxy) is 1. The summed E-state index contributed by atoms with van der Waals surface area (Å²) in [4.78, 5) is 16.5. The first-order valence-electron chi connectivity index (χ1n) is 8.00. The van der Waals surface area contributed by atoms with Crippen LogP contribution in [0, 0.1) is 5.92 Å². The van der Waals surface area contributed by atoms with Crippen LogP contribution in [0.15, 0.2) is 24.3 Å². The van der Waals surface area contributed by atoms with Gasteiger partial charge in [0.15, 0.2) is 0 Å². The molecule has 0 aliphatic carbocycles. The molecule has 1 aliphatic heterocycles. The molecule has 0 aromatic heterocycles. The van der Waals surface area contributed by atoms with Crippen LogP contribution in [-0.2, 0) is 4.79 Å². The molecule has 1 aromatic carbocycles. The number of hydrogen-bond donors (Lipinski definition) is 0. The molecule has 1 aliphatic rings. The number of amides is 1. The first kappa shape index (κ1) is 17.1. The highest BCUT2D eigenvalue weighted by molar-refractivity contribution is 6.32. The fourth-order valence-corrected chi connectivity index (χ4v) is 2.71. The molecule has 1 fully saturated rings. The minimum Gasteiger partial charge on any atom is -0.491 e. The summed E-state index contributed by atoms with van der Waals surface area (Å²) in [7, 11) is 0. The van der Waals surface area contributed by atoms with E-state index in [-0.39, 0.29) is 11.8 Å². The maximum absolute atomic E-state index is 12.1. The third-order valence-corrected chi connectivity index (χ3v) is 4.53. The Kier molecular flexibility index (Phi) is 6.52. The first-order chi connectivity index (χ1) is 10.6. The largest absolute Gasteiger partial charge is 0.491 e. The van der Waals surface area contributed by atoms with Crippen LogP contribution >= 0.6 is 11.6 Å². The molecule has 1 atom stereocenters. The van der Waals surface area contributed by atoms with Crippen LogP contribution in [0.3, 0.4) is 0 Å². The van der Waals surface area contributed by atoms with Gasteiger partial charge in [-0.1, -0.05) is 37.6 Å². The van der Waals surface area contributed by atoms with Gasteiger partial charge in [-0.25, -0.2) is 0 Å². The van der Waals surface area contributed by atoms with E-state index in [0.717, 1.165) is 44.9 Å². The second kappa shape index (κ2) is 8.39. The lowest BCUT2D eigenvalue weighted by atomic mass is 10.1. The maximum atomic E-state index is 12.1. The number of para-hydroxylation sites is 1. The van der Waals surface area contributed by atoms with Gasteiger partial charge in [-0.15, -0.1) is 0 Å². The minimum atomic E-state index is 0.134. The van der Waals surface area contributed by atoms with Gasteiger partial charge < -0.3 is 9.64 Å². The van der Waals surface area contributed by atoms with Crippen LogP contribution < -0.4 is 4.74 Å². The smallest absolute Gasteiger partial charge is 0.225 e. The molecule has 2 rings (SSSR count). The fraction of sp³-hybridized carbons (Fsp3) is 0.588. The lowest BCUT2D eigenvalue weighted by Crippen LogP contribution is -2.50. The van der Waals surface area contributed by atoms with E-state index in [1.165, 1.54) is 0 Å². The number of halogens is 1. The van der Waals surface area contributed by atoms with Crippen molar-refractivity contribution >= 4 is 17.5 Å². The number of hydrogen-bond acceptors (Lipinski definition) is 3. The Hall–Kier alpha value is -1.26. The summed E-state index contributed by atoms with van der Waals surface area (Å²) in [5.74, 6) is 1.15. The van der Waals surface area contributed by atoms with E-state index in [1.54, 1.807) is 0 Å². The molecule has 0 N–H and O–H groups in total. The fourth-order valence-electron chi connectivity index (χ4n) is 2.52. The molecule has 5 heteroatoms. The van der Waals surface area contributed by atoms with Gasteiger partial charge >= 0.3 is 0 Å². The van der Waals surface area contributed by atoms with E-state index < -0.39 is 0 Å². The molecule has 0 spiro atoms. The van der Waals surface area contributed by atoms with Gasteiger partial charge in [0, 0.05) is 38.6 Å². The number of piperazine rings is 1. The Bertz CT molecular complexity index is 487. The van der Waals surface area contributed by atoms with Gasteiger partial charge in [0.2, 0.25) is 5.91 Å². The SMILES string of the molecule is CCC(C)C(=O)N1CCN(CCOc2ccccc2Cl)CC1. The second-order valence-electron chi connectivity index (χ2n) is 5.76. The van der Waals surface area contributed by atoms with Gasteiger partial charge in [-0.2, -0.15) is 0 Å². The highest BCUT2D eigenvalue weighted by Crippen LogP contribution is 2.22. The number of carbonyl (C=O) groups is 1. The second-order valence-corrected chi connectivity index (χ2v) is 6.16. The predicted molar refractivity (Wildman–Crippen MR) is 89.4 cm³/mol. The summed E-state index contributed by atoms with van der Waals surface area (Å²) in [6, 6.07) is 7.52. The van der Waals surface area contributed by atoms with Crippen LogP contribution in [-0.4, -0.2) is 55.0 Å². The molecule has 22 heavy (non-hydrogen) atoms. The summed E-state index contributed by atoms with van der Waals surface area (Å²) in [6.07, 6.45) is 0.907. The Morgan fingerprint density at radius 1 is 1.27 bits per heavy atom. The van der Waals surface area contributed by atoms with Crippen molar-refractivity contribution in [2.24, 2.45) is 5.92 Å². The molecular weight excluding hydrogens is 300 g/mol. The lowest BCUT2D eigenvalue weighted by Gasteiger charge is -2.35. The molecule has 4 nitrogen and oxygen atoms in total. The van der Waals surface area contributed by atoms with Gasteiger partial charge in [0.25, 0.3) is 0 Å². The van der Waals surface area contributed by atoms with Crippen molar-refractivity contribution in [3.05, 3.63) is 29.3 Å². The third kappa shape index (κ3) is 4.62. The summed E-state index contributed by atoms with van der Waals surface area (Å²) in [5, 5.41) is 0.645. The van der Waals surface area contributed by atoms with Gasteiger partial charge in [0.05, 0.1) is 5.02 Å². The van der Waals surface area contributed by atoms with Crippen LogP contribution in [0.25, 0.3) is 0 Å². The van der Waals surface area contributed by atoms with Crippen molar-refractivity contribution < 1.29 is 9.53 Å². The quantitative estimate of drug-likeness (QED) is 0.806. The molecule has 122 valence electrons. The summed E-state index contributed by atoms with van der Waals surface area (Å²) >= 11 is 6.06. The Labute approximate surface area is 138 Å². The van der Waals surface area contributed by atoms with E-state index in [2.05, 4.69) is 11.8 Å². The molecule has 1 unspecified atom stereocenters. The molecule has 1 aromatic rings. The summed E-state index contributed by atoms with van der Waals surface area (Å²) < 4.78 is 5.72. The lowest BCUT2D eigenvalue weighted by molar-refractivity contribution is -0.136. The summed E-state index contributed by atoms with van der Waals surface area (Å²) in [5.41, 5.74) is 0. The molecule has 0 radical (unpaired) electrons. The van der Waals surface area contributed by atoms with E-state index in [0.29, 0.717) is 11.6 Å². The van der Waals surface area contributed by atoms with Crippen molar-refractivity contribution in [3.8, 4) is 5.75 Å².